The Labute approximate surface area is 175 Å². The number of oxime groups is 1. The number of aromatic nitrogens is 1. The van der Waals surface area contributed by atoms with Crippen molar-refractivity contribution in [2.75, 3.05) is 11.9 Å². The van der Waals surface area contributed by atoms with Crippen LogP contribution in [-0.2, 0) is 16.2 Å². The van der Waals surface area contributed by atoms with Gasteiger partial charge in [0, 0.05) is 29.2 Å². The van der Waals surface area contributed by atoms with Crippen molar-refractivity contribution in [2.45, 2.75) is 20.5 Å². The van der Waals surface area contributed by atoms with Crippen molar-refractivity contribution in [1.29, 1.82) is 0 Å². The maximum atomic E-state index is 12.0. The van der Waals surface area contributed by atoms with Crippen LogP contribution in [0.2, 0.25) is 0 Å². The van der Waals surface area contributed by atoms with Crippen LogP contribution in [0.3, 0.4) is 0 Å². The smallest absolute Gasteiger partial charge is 0.265 e. The molecule has 0 fully saturated rings. The molecule has 0 saturated carbocycles. The Hall–Kier alpha value is -3.87. The van der Waals surface area contributed by atoms with Crippen LogP contribution in [-0.4, -0.2) is 23.3 Å². The molecule has 0 aliphatic carbocycles. The molecule has 0 atom stereocenters. The van der Waals surface area contributed by atoms with Gasteiger partial charge in [-0.15, -0.1) is 0 Å². The molecule has 1 heterocycles. The van der Waals surface area contributed by atoms with E-state index in [1.54, 1.807) is 36.7 Å². The lowest BCUT2D eigenvalue weighted by Gasteiger charge is -2.08. The average molecular weight is 404 g/mol. The van der Waals surface area contributed by atoms with E-state index in [4.69, 9.17) is 15.3 Å². The molecule has 0 bridgehead atoms. The first-order chi connectivity index (χ1) is 14.5. The molecule has 154 valence electrons. The van der Waals surface area contributed by atoms with E-state index < -0.39 is 0 Å². The molecular weight excluding hydrogens is 380 g/mol. The maximum absolute atomic E-state index is 12.0. The number of carbonyl (C=O) groups excluding carboxylic acids is 1. The summed E-state index contributed by atoms with van der Waals surface area (Å²) >= 11 is 0. The Kier molecular flexibility index (Phi) is 7.00. The summed E-state index contributed by atoms with van der Waals surface area (Å²) < 4.78 is 5.71. The highest BCUT2D eigenvalue weighted by atomic mass is 16.6. The summed E-state index contributed by atoms with van der Waals surface area (Å²) in [6.07, 6.45) is 3.47. The molecule has 0 unspecified atom stereocenters. The van der Waals surface area contributed by atoms with Crippen LogP contribution < -0.4 is 15.8 Å². The van der Waals surface area contributed by atoms with E-state index in [0.717, 1.165) is 16.7 Å². The molecule has 1 aromatic heterocycles. The first-order valence-electron chi connectivity index (χ1n) is 9.46. The quantitative estimate of drug-likeness (QED) is 0.340. The van der Waals surface area contributed by atoms with Crippen molar-refractivity contribution >= 4 is 17.4 Å². The molecule has 7 heteroatoms. The standard InChI is InChI=1S/C23H24N4O3/c1-16-5-8-20(12-17(16)2)26-22(28)15-30-27-23(24)19-6-9-21(10-7-19)29-14-18-4-3-11-25-13-18/h3-13H,14-15H2,1-2H3,(H2,24,27)(H,26,28). The maximum Gasteiger partial charge on any atom is 0.265 e. The molecular formula is C23H24N4O3. The second-order valence-electron chi connectivity index (χ2n) is 6.77. The van der Waals surface area contributed by atoms with Crippen LogP contribution in [0.15, 0.2) is 72.1 Å². The fourth-order valence-corrected chi connectivity index (χ4v) is 2.60. The number of pyridine rings is 1. The number of amides is 1. The molecule has 30 heavy (non-hydrogen) atoms. The van der Waals surface area contributed by atoms with E-state index in [0.29, 0.717) is 23.6 Å². The van der Waals surface area contributed by atoms with Crippen molar-refractivity contribution in [3.63, 3.8) is 0 Å². The van der Waals surface area contributed by atoms with E-state index in [9.17, 15) is 4.79 Å². The Morgan fingerprint density at radius 2 is 1.90 bits per heavy atom. The zero-order valence-electron chi connectivity index (χ0n) is 17.0. The fourth-order valence-electron chi connectivity index (χ4n) is 2.60. The third-order valence-corrected chi connectivity index (χ3v) is 4.43. The second kappa shape index (κ2) is 10.1. The van der Waals surface area contributed by atoms with Gasteiger partial charge in [0.1, 0.15) is 12.4 Å². The SMILES string of the molecule is Cc1ccc(NC(=O)CO/N=C(\N)c2ccc(OCc3cccnc3)cc2)cc1C. The van der Waals surface area contributed by atoms with Crippen molar-refractivity contribution < 1.29 is 14.4 Å². The topological polar surface area (TPSA) is 98.8 Å². The van der Waals surface area contributed by atoms with Crippen LogP contribution >= 0.6 is 0 Å². The minimum atomic E-state index is -0.311. The number of hydrogen-bond acceptors (Lipinski definition) is 5. The highest BCUT2D eigenvalue weighted by Gasteiger charge is 2.05. The summed E-state index contributed by atoms with van der Waals surface area (Å²) in [6, 6.07) is 16.6. The number of rotatable bonds is 8. The van der Waals surface area contributed by atoms with Gasteiger partial charge in [0.25, 0.3) is 5.91 Å². The number of nitrogens with two attached hydrogens (primary N) is 1. The van der Waals surface area contributed by atoms with Gasteiger partial charge in [-0.1, -0.05) is 17.3 Å². The summed E-state index contributed by atoms with van der Waals surface area (Å²) in [5.74, 6) is 0.561. The van der Waals surface area contributed by atoms with Gasteiger partial charge in [0.15, 0.2) is 12.4 Å². The van der Waals surface area contributed by atoms with Gasteiger partial charge in [0.2, 0.25) is 0 Å². The minimum absolute atomic E-state index is 0.174. The molecule has 3 N–H and O–H groups in total. The average Bonchev–Trinajstić information content (AvgIpc) is 2.76. The Bertz CT molecular complexity index is 1020. The largest absolute Gasteiger partial charge is 0.489 e. The second-order valence-corrected chi connectivity index (χ2v) is 6.77. The molecule has 0 saturated heterocycles. The van der Waals surface area contributed by atoms with E-state index in [1.807, 2.05) is 44.2 Å². The Morgan fingerprint density at radius 3 is 2.60 bits per heavy atom. The van der Waals surface area contributed by atoms with Gasteiger partial charge in [0.05, 0.1) is 0 Å². The van der Waals surface area contributed by atoms with Crippen molar-refractivity contribution in [2.24, 2.45) is 10.9 Å². The number of nitrogens with one attached hydrogen (secondary N) is 1. The Morgan fingerprint density at radius 1 is 1.10 bits per heavy atom. The number of nitrogens with zero attached hydrogens (tertiary/aromatic N) is 2. The first-order valence-corrected chi connectivity index (χ1v) is 9.46. The van der Waals surface area contributed by atoms with E-state index in [-0.39, 0.29) is 18.3 Å². The lowest BCUT2D eigenvalue weighted by Crippen LogP contribution is -2.19. The van der Waals surface area contributed by atoms with Gasteiger partial charge in [-0.3, -0.25) is 9.78 Å². The molecule has 1 amide bonds. The number of aryl methyl sites for hydroxylation is 2. The third kappa shape index (κ3) is 6.07. The highest BCUT2D eigenvalue weighted by molar-refractivity contribution is 5.97. The van der Waals surface area contributed by atoms with Crippen LogP contribution in [0.4, 0.5) is 5.69 Å². The van der Waals surface area contributed by atoms with Gasteiger partial charge in [-0.2, -0.15) is 0 Å². The zero-order chi connectivity index (χ0) is 21.3. The fraction of sp³-hybridized carbons (Fsp3) is 0.174. The summed E-state index contributed by atoms with van der Waals surface area (Å²) in [6.45, 7) is 4.19. The predicted molar refractivity (Wildman–Crippen MR) is 116 cm³/mol. The molecule has 3 aromatic rings. The number of benzene rings is 2. The normalized spacial score (nSPS) is 11.1. The van der Waals surface area contributed by atoms with Gasteiger partial charge >= 0.3 is 0 Å². The minimum Gasteiger partial charge on any atom is -0.489 e. The molecule has 2 aromatic carbocycles. The third-order valence-electron chi connectivity index (χ3n) is 4.43. The number of ether oxygens (including phenoxy) is 1. The number of hydrogen-bond donors (Lipinski definition) is 2. The van der Waals surface area contributed by atoms with Gasteiger partial charge in [-0.05, 0) is 67.4 Å². The summed E-state index contributed by atoms with van der Waals surface area (Å²) in [5.41, 5.74) is 10.6. The summed E-state index contributed by atoms with van der Waals surface area (Å²) in [5, 5.41) is 6.58. The molecule has 7 nitrogen and oxygen atoms in total. The van der Waals surface area contributed by atoms with E-state index in [2.05, 4.69) is 15.5 Å². The van der Waals surface area contributed by atoms with Crippen LogP contribution in [0.5, 0.6) is 5.75 Å². The molecule has 0 spiro atoms. The molecule has 0 aliphatic rings. The lowest BCUT2D eigenvalue weighted by atomic mass is 10.1. The van der Waals surface area contributed by atoms with Crippen molar-refractivity contribution in [1.82, 2.24) is 4.98 Å². The van der Waals surface area contributed by atoms with Crippen LogP contribution in [0, 0.1) is 13.8 Å². The first kappa shape index (κ1) is 20.9. The predicted octanol–water partition coefficient (Wildman–Crippen LogP) is 3.55. The van der Waals surface area contributed by atoms with Gasteiger partial charge < -0.3 is 20.6 Å². The molecule has 3 rings (SSSR count). The van der Waals surface area contributed by atoms with E-state index >= 15 is 0 Å². The van der Waals surface area contributed by atoms with Crippen molar-refractivity contribution in [3.05, 3.63) is 89.2 Å². The number of carbonyl (C=O) groups is 1. The number of amidine groups is 1. The van der Waals surface area contributed by atoms with Crippen LogP contribution in [0.25, 0.3) is 0 Å². The summed E-state index contributed by atoms with van der Waals surface area (Å²) in [4.78, 5) is 21.1. The molecule has 0 radical (unpaired) electrons. The van der Waals surface area contributed by atoms with Crippen molar-refractivity contribution in [3.8, 4) is 5.75 Å². The number of anilines is 1. The summed E-state index contributed by atoms with van der Waals surface area (Å²) in [7, 11) is 0. The lowest BCUT2D eigenvalue weighted by molar-refractivity contribution is -0.120. The van der Waals surface area contributed by atoms with Gasteiger partial charge in [-0.25, -0.2) is 0 Å². The zero-order valence-corrected chi connectivity index (χ0v) is 17.0. The van der Waals surface area contributed by atoms with Crippen LogP contribution in [0.1, 0.15) is 22.3 Å². The van der Waals surface area contributed by atoms with E-state index in [1.165, 1.54) is 0 Å². The Balaban J connectivity index is 1.47. The highest BCUT2D eigenvalue weighted by Crippen LogP contribution is 2.15. The monoisotopic (exact) mass is 404 g/mol. The molecule has 0 aliphatic heterocycles.